The molecule has 10 heteroatoms. The normalized spacial score (nSPS) is 12.0. The Kier molecular flexibility index (Phi) is 9.46. The minimum absolute atomic E-state index is 0.0967. The number of carbonyl (C=O) groups is 2. The van der Waals surface area contributed by atoms with E-state index in [9.17, 15) is 18.0 Å². The summed E-state index contributed by atoms with van der Waals surface area (Å²) in [6.45, 7) is 4.13. The minimum Gasteiger partial charge on any atom is -0.492 e. The minimum atomic E-state index is -4.11. The summed E-state index contributed by atoms with van der Waals surface area (Å²) >= 11 is 6.18. The lowest BCUT2D eigenvalue weighted by Crippen LogP contribution is -2.45. The fourth-order valence-corrected chi connectivity index (χ4v) is 4.87. The van der Waals surface area contributed by atoms with Crippen molar-refractivity contribution in [2.45, 2.75) is 31.2 Å². The third kappa shape index (κ3) is 7.30. The molecule has 0 spiro atoms. The molecule has 1 amide bonds. The monoisotopic (exact) mass is 530 g/mol. The Balaban J connectivity index is 1.82. The zero-order valence-electron chi connectivity index (χ0n) is 19.9. The highest BCUT2D eigenvalue weighted by Crippen LogP contribution is 2.27. The number of hydrogen-bond donors (Lipinski definition) is 2. The molecule has 0 saturated carbocycles. The molecule has 3 aromatic carbocycles. The van der Waals surface area contributed by atoms with Crippen LogP contribution in [0.1, 0.15) is 29.8 Å². The van der Waals surface area contributed by atoms with Crippen LogP contribution in [0.3, 0.4) is 0 Å². The van der Waals surface area contributed by atoms with Crippen molar-refractivity contribution < 1.29 is 27.5 Å². The van der Waals surface area contributed by atoms with Crippen molar-refractivity contribution in [1.29, 1.82) is 0 Å². The molecule has 0 aliphatic heterocycles. The summed E-state index contributed by atoms with van der Waals surface area (Å²) in [6, 6.07) is 18.2. The van der Waals surface area contributed by atoms with Crippen molar-refractivity contribution in [2.75, 3.05) is 18.5 Å². The molecular weight excluding hydrogens is 504 g/mol. The van der Waals surface area contributed by atoms with Gasteiger partial charge in [0.1, 0.15) is 11.8 Å². The average Bonchev–Trinajstić information content (AvgIpc) is 2.86. The molecule has 0 fully saturated rings. The number of amides is 1. The molecule has 36 heavy (non-hydrogen) atoms. The molecule has 3 rings (SSSR count). The van der Waals surface area contributed by atoms with Crippen molar-refractivity contribution in [2.24, 2.45) is 0 Å². The Morgan fingerprint density at radius 2 is 1.64 bits per heavy atom. The summed E-state index contributed by atoms with van der Waals surface area (Å²) in [6.07, 6.45) is 0.109. The number of carbonyl (C=O) groups excluding carboxylic acids is 2. The van der Waals surface area contributed by atoms with Crippen LogP contribution < -0.4 is 14.8 Å². The van der Waals surface area contributed by atoms with Crippen LogP contribution in [0.15, 0.2) is 77.7 Å². The van der Waals surface area contributed by atoms with E-state index >= 15 is 0 Å². The van der Waals surface area contributed by atoms with Gasteiger partial charge in [-0.25, -0.2) is 13.2 Å². The molecule has 3 aromatic rings. The summed E-state index contributed by atoms with van der Waals surface area (Å²) in [5, 5.41) is 2.85. The molecule has 1 unspecified atom stereocenters. The highest BCUT2D eigenvalue weighted by atomic mass is 35.5. The van der Waals surface area contributed by atoms with Crippen LogP contribution in [0.2, 0.25) is 5.02 Å². The first-order valence-corrected chi connectivity index (χ1v) is 13.2. The molecule has 0 saturated heterocycles. The number of rotatable bonds is 11. The van der Waals surface area contributed by atoms with Gasteiger partial charge >= 0.3 is 5.97 Å². The summed E-state index contributed by atoms with van der Waals surface area (Å²) < 4.78 is 39.1. The Hall–Kier alpha value is -3.40. The lowest BCUT2D eigenvalue weighted by atomic mass is 10.1. The smallest absolute Gasteiger partial charge is 0.338 e. The molecule has 0 aliphatic carbocycles. The molecule has 0 heterocycles. The van der Waals surface area contributed by atoms with E-state index in [4.69, 9.17) is 21.1 Å². The second-order valence-corrected chi connectivity index (χ2v) is 9.80. The quantitative estimate of drug-likeness (QED) is 0.354. The molecule has 0 bridgehead atoms. The number of nitrogens with one attached hydrogen (secondary N) is 2. The zero-order valence-corrected chi connectivity index (χ0v) is 21.4. The third-order valence-corrected chi connectivity index (χ3v) is 6.84. The first-order valence-electron chi connectivity index (χ1n) is 11.3. The largest absolute Gasteiger partial charge is 0.492 e. The van der Waals surface area contributed by atoms with Crippen LogP contribution in [-0.4, -0.2) is 39.5 Å². The number of ether oxygens (including phenoxy) is 2. The van der Waals surface area contributed by atoms with Crippen molar-refractivity contribution in [1.82, 2.24) is 4.72 Å². The van der Waals surface area contributed by atoms with E-state index in [1.54, 1.807) is 50.2 Å². The topological polar surface area (TPSA) is 111 Å². The highest BCUT2D eigenvalue weighted by Gasteiger charge is 2.27. The van der Waals surface area contributed by atoms with Gasteiger partial charge in [-0.05, 0) is 68.3 Å². The molecule has 0 aromatic heterocycles. The molecule has 0 radical (unpaired) electrons. The number of esters is 1. The molecule has 2 N–H and O–H groups in total. The summed E-state index contributed by atoms with van der Waals surface area (Å²) in [4.78, 5) is 24.9. The Morgan fingerprint density at radius 1 is 0.944 bits per heavy atom. The van der Waals surface area contributed by atoms with E-state index in [1.807, 2.05) is 6.07 Å². The fourth-order valence-electron chi connectivity index (χ4n) is 3.35. The van der Waals surface area contributed by atoms with Gasteiger partial charge in [-0.1, -0.05) is 41.9 Å². The number of sulfonamides is 1. The second kappa shape index (κ2) is 12.5. The van der Waals surface area contributed by atoms with Crippen LogP contribution in [0.5, 0.6) is 5.75 Å². The molecule has 0 aliphatic rings. The van der Waals surface area contributed by atoms with Crippen LogP contribution >= 0.6 is 11.6 Å². The Morgan fingerprint density at radius 3 is 2.25 bits per heavy atom. The molecule has 1 atom stereocenters. The first-order chi connectivity index (χ1) is 17.2. The SMILES string of the molecule is CCOC(=O)c1ccc(NC(=O)C(Cc2ccccc2)NS(=O)(=O)c2ccc(OCC)c(Cl)c2)cc1. The van der Waals surface area contributed by atoms with Gasteiger partial charge < -0.3 is 14.8 Å². The van der Waals surface area contributed by atoms with Crippen molar-refractivity contribution in [3.05, 3.63) is 88.9 Å². The van der Waals surface area contributed by atoms with E-state index in [0.717, 1.165) is 5.56 Å². The van der Waals surface area contributed by atoms with Crippen LogP contribution in [0.25, 0.3) is 0 Å². The maximum absolute atomic E-state index is 13.2. The van der Waals surface area contributed by atoms with Crippen molar-refractivity contribution in [3.63, 3.8) is 0 Å². The number of benzene rings is 3. The standard InChI is InChI=1S/C26H27ClN2O6S/c1-3-34-24-15-14-21(17-22(24)27)36(32,33)29-23(16-18-8-6-5-7-9-18)25(30)28-20-12-10-19(11-13-20)26(31)35-4-2/h5-15,17,23,29H,3-4,16H2,1-2H3,(H,28,30). The zero-order chi connectivity index (χ0) is 26.1. The van der Waals surface area contributed by atoms with Gasteiger partial charge in [0, 0.05) is 5.69 Å². The molecular formula is C26H27ClN2O6S. The number of halogens is 1. The Bertz CT molecular complexity index is 1300. The van der Waals surface area contributed by atoms with Gasteiger partial charge in [0.2, 0.25) is 15.9 Å². The van der Waals surface area contributed by atoms with Gasteiger partial charge in [-0.3, -0.25) is 4.79 Å². The first kappa shape index (κ1) is 27.2. The third-order valence-electron chi connectivity index (χ3n) is 5.07. The summed E-state index contributed by atoms with van der Waals surface area (Å²) in [7, 11) is -4.11. The Labute approximate surface area is 215 Å². The van der Waals surface area contributed by atoms with Gasteiger partial charge in [-0.2, -0.15) is 4.72 Å². The van der Waals surface area contributed by atoms with Crippen LogP contribution in [0, 0.1) is 0 Å². The number of hydrogen-bond acceptors (Lipinski definition) is 6. The van der Waals surface area contributed by atoms with Gasteiger partial charge in [0.25, 0.3) is 0 Å². The maximum Gasteiger partial charge on any atom is 0.338 e. The molecule has 190 valence electrons. The predicted molar refractivity (Wildman–Crippen MR) is 138 cm³/mol. The van der Waals surface area contributed by atoms with Crippen LogP contribution in [-0.2, 0) is 26.0 Å². The van der Waals surface area contributed by atoms with Gasteiger partial charge in [0.15, 0.2) is 0 Å². The van der Waals surface area contributed by atoms with E-state index in [2.05, 4.69) is 10.0 Å². The predicted octanol–water partition coefficient (Wildman–Crippen LogP) is 4.44. The fraction of sp³-hybridized carbons (Fsp3) is 0.231. The van der Waals surface area contributed by atoms with E-state index < -0.39 is 27.9 Å². The summed E-state index contributed by atoms with van der Waals surface area (Å²) in [5.74, 6) is -0.676. The second-order valence-electron chi connectivity index (χ2n) is 7.68. The average molecular weight is 531 g/mol. The van der Waals surface area contributed by atoms with Gasteiger partial charge in [0.05, 0.1) is 28.7 Å². The van der Waals surface area contributed by atoms with Gasteiger partial charge in [-0.15, -0.1) is 0 Å². The lowest BCUT2D eigenvalue weighted by Gasteiger charge is -2.19. The summed E-state index contributed by atoms with van der Waals surface area (Å²) in [5.41, 5.74) is 1.50. The maximum atomic E-state index is 13.2. The highest BCUT2D eigenvalue weighted by molar-refractivity contribution is 7.89. The lowest BCUT2D eigenvalue weighted by molar-refractivity contribution is -0.117. The van der Waals surface area contributed by atoms with E-state index in [1.165, 1.54) is 30.3 Å². The van der Waals surface area contributed by atoms with Crippen molar-refractivity contribution >= 4 is 39.2 Å². The molecule has 8 nitrogen and oxygen atoms in total. The number of anilines is 1. The van der Waals surface area contributed by atoms with Crippen molar-refractivity contribution in [3.8, 4) is 5.75 Å². The van der Waals surface area contributed by atoms with E-state index in [-0.39, 0.29) is 22.9 Å². The van der Waals surface area contributed by atoms with Crippen LogP contribution in [0.4, 0.5) is 5.69 Å². The van der Waals surface area contributed by atoms with E-state index in [0.29, 0.717) is 23.6 Å².